The second kappa shape index (κ2) is 11.0. The van der Waals surface area contributed by atoms with Gasteiger partial charge in [-0.3, -0.25) is 15.1 Å². The molecule has 0 aromatic heterocycles. The number of nitro groups is 1. The average molecular weight is 471 g/mol. The molecule has 0 bridgehead atoms. The van der Waals surface area contributed by atoms with Gasteiger partial charge in [-0.1, -0.05) is 30.3 Å². The Hall–Kier alpha value is -3.03. The highest BCUT2D eigenvalue weighted by molar-refractivity contribution is 7.99. The number of ether oxygens (including phenoxy) is 2. The molecular weight excluding hydrogens is 448 g/mol. The van der Waals surface area contributed by atoms with E-state index in [4.69, 9.17) is 21.1 Å². The first-order chi connectivity index (χ1) is 15.4. The zero-order chi connectivity index (χ0) is 23.1. The number of hydrogen-bond acceptors (Lipinski definition) is 6. The van der Waals surface area contributed by atoms with Crippen molar-refractivity contribution in [2.45, 2.75) is 36.2 Å². The Morgan fingerprint density at radius 2 is 1.75 bits per heavy atom. The van der Waals surface area contributed by atoms with Crippen LogP contribution in [0.1, 0.15) is 25.8 Å². The van der Waals surface area contributed by atoms with Crippen LogP contribution in [0.25, 0.3) is 0 Å². The molecule has 1 atom stereocenters. The van der Waals surface area contributed by atoms with Gasteiger partial charge in [-0.25, -0.2) is 0 Å². The Morgan fingerprint density at radius 1 is 1.12 bits per heavy atom. The van der Waals surface area contributed by atoms with Crippen molar-refractivity contribution in [2.75, 3.05) is 7.11 Å². The number of nitro benzene ring substituents is 1. The van der Waals surface area contributed by atoms with Gasteiger partial charge in [0.15, 0.2) is 11.5 Å². The molecule has 6 nitrogen and oxygen atoms in total. The number of rotatable bonds is 9. The van der Waals surface area contributed by atoms with Crippen molar-refractivity contribution < 1.29 is 14.4 Å². The van der Waals surface area contributed by atoms with E-state index in [1.807, 2.05) is 44.2 Å². The lowest BCUT2D eigenvalue weighted by Crippen LogP contribution is -2.11. The van der Waals surface area contributed by atoms with Gasteiger partial charge >= 0.3 is 0 Å². The quantitative estimate of drug-likeness (QED) is 0.186. The van der Waals surface area contributed by atoms with Gasteiger partial charge in [-0.15, -0.1) is 0 Å². The molecule has 0 aliphatic heterocycles. The third-order valence-electron chi connectivity index (χ3n) is 4.63. The first kappa shape index (κ1) is 23.6. The van der Waals surface area contributed by atoms with Crippen LogP contribution in [0.15, 0.2) is 75.4 Å². The molecule has 166 valence electrons. The SMILES string of the molecule is CC[C@H](C)Oc1c(Cl)cc(C=Nc2ccc(Sc3ccc([N+](=O)[O-])cc3)cc2)cc1OC. The number of nitrogens with zero attached hydrogens (tertiary/aromatic N) is 2. The fourth-order valence-corrected chi connectivity index (χ4v) is 3.81. The third kappa shape index (κ3) is 6.24. The van der Waals surface area contributed by atoms with Crippen LogP contribution in [-0.2, 0) is 0 Å². The average Bonchev–Trinajstić information content (AvgIpc) is 2.80. The second-order valence-corrected chi connectivity index (χ2v) is 8.53. The minimum Gasteiger partial charge on any atom is -0.493 e. The normalized spacial score (nSPS) is 12.0. The van der Waals surface area contributed by atoms with Crippen LogP contribution in [-0.4, -0.2) is 24.4 Å². The maximum Gasteiger partial charge on any atom is 0.269 e. The third-order valence-corrected chi connectivity index (χ3v) is 5.92. The van der Waals surface area contributed by atoms with Crippen LogP contribution < -0.4 is 9.47 Å². The number of aliphatic imine (C=N–C) groups is 1. The van der Waals surface area contributed by atoms with Crippen LogP contribution in [0, 0.1) is 10.1 Å². The summed E-state index contributed by atoms with van der Waals surface area (Å²) < 4.78 is 11.3. The molecule has 8 heteroatoms. The van der Waals surface area contributed by atoms with Gasteiger partial charge in [0.2, 0.25) is 0 Å². The Balaban J connectivity index is 1.70. The van der Waals surface area contributed by atoms with E-state index in [1.54, 1.807) is 31.5 Å². The molecule has 0 amide bonds. The molecular formula is C24H23ClN2O4S. The number of benzene rings is 3. The molecule has 0 spiro atoms. The Labute approximate surface area is 196 Å². The van der Waals surface area contributed by atoms with E-state index in [9.17, 15) is 10.1 Å². The standard InChI is InChI=1S/C24H23ClN2O4S/c1-4-16(2)31-24-22(25)13-17(14-23(24)30-3)15-26-18-5-9-20(10-6-18)32-21-11-7-19(8-12-21)27(28)29/h5-16H,4H2,1-3H3/t16-/m0/s1. The van der Waals surface area contributed by atoms with Crippen molar-refractivity contribution in [3.8, 4) is 11.5 Å². The lowest BCUT2D eigenvalue weighted by Gasteiger charge is -2.17. The van der Waals surface area contributed by atoms with E-state index >= 15 is 0 Å². The van der Waals surface area contributed by atoms with Crippen molar-refractivity contribution in [1.82, 2.24) is 0 Å². The molecule has 32 heavy (non-hydrogen) atoms. The molecule has 0 unspecified atom stereocenters. The van der Waals surface area contributed by atoms with Crippen molar-refractivity contribution in [3.05, 3.63) is 81.4 Å². The molecule has 3 rings (SSSR count). The first-order valence-electron chi connectivity index (χ1n) is 10.00. The number of non-ortho nitro benzene ring substituents is 1. The van der Waals surface area contributed by atoms with Crippen LogP contribution in [0.2, 0.25) is 5.02 Å². The highest BCUT2D eigenvalue weighted by atomic mass is 35.5. The second-order valence-electron chi connectivity index (χ2n) is 6.98. The summed E-state index contributed by atoms with van der Waals surface area (Å²) in [4.78, 5) is 16.8. The minimum atomic E-state index is -0.406. The van der Waals surface area contributed by atoms with E-state index in [2.05, 4.69) is 4.99 Å². The summed E-state index contributed by atoms with van der Waals surface area (Å²) in [5.41, 5.74) is 1.66. The summed E-state index contributed by atoms with van der Waals surface area (Å²) >= 11 is 7.94. The smallest absolute Gasteiger partial charge is 0.269 e. The van der Waals surface area contributed by atoms with Gasteiger partial charge in [-0.05, 0) is 67.4 Å². The zero-order valence-corrected chi connectivity index (χ0v) is 19.5. The molecule has 3 aromatic carbocycles. The van der Waals surface area contributed by atoms with E-state index in [0.29, 0.717) is 16.5 Å². The zero-order valence-electron chi connectivity index (χ0n) is 17.9. The van der Waals surface area contributed by atoms with Gasteiger partial charge < -0.3 is 9.47 Å². The molecule has 0 aliphatic carbocycles. The summed E-state index contributed by atoms with van der Waals surface area (Å²) in [6, 6.07) is 17.8. The summed E-state index contributed by atoms with van der Waals surface area (Å²) in [5.74, 6) is 1.10. The van der Waals surface area contributed by atoms with Crippen molar-refractivity contribution in [3.63, 3.8) is 0 Å². The van der Waals surface area contributed by atoms with Gasteiger partial charge in [0.25, 0.3) is 5.69 Å². The predicted octanol–water partition coefficient (Wildman–Crippen LogP) is 7.34. The highest BCUT2D eigenvalue weighted by Gasteiger charge is 2.14. The van der Waals surface area contributed by atoms with Crippen LogP contribution >= 0.6 is 23.4 Å². The van der Waals surface area contributed by atoms with E-state index in [0.717, 1.165) is 27.5 Å². The van der Waals surface area contributed by atoms with Gasteiger partial charge in [0.1, 0.15) is 0 Å². The van der Waals surface area contributed by atoms with Crippen LogP contribution in [0.4, 0.5) is 11.4 Å². The van der Waals surface area contributed by atoms with E-state index in [-0.39, 0.29) is 11.8 Å². The topological polar surface area (TPSA) is 74.0 Å². The van der Waals surface area contributed by atoms with E-state index in [1.165, 1.54) is 23.9 Å². The molecule has 0 N–H and O–H groups in total. The lowest BCUT2D eigenvalue weighted by molar-refractivity contribution is -0.384. The van der Waals surface area contributed by atoms with E-state index < -0.39 is 4.92 Å². The van der Waals surface area contributed by atoms with Gasteiger partial charge in [0, 0.05) is 28.1 Å². The molecule has 0 radical (unpaired) electrons. The van der Waals surface area contributed by atoms with Crippen LogP contribution in [0.5, 0.6) is 11.5 Å². The Morgan fingerprint density at radius 3 is 2.31 bits per heavy atom. The summed E-state index contributed by atoms with van der Waals surface area (Å²) in [5, 5.41) is 11.2. The summed E-state index contributed by atoms with van der Waals surface area (Å²) in [6.45, 7) is 4.02. The molecule has 0 aliphatic rings. The maximum atomic E-state index is 10.8. The Kier molecular flexibility index (Phi) is 8.14. The van der Waals surface area contributed by atoms with Crippen molar-refractivity contribution in [1.29, 1.82) is 0 Å². The van der Waals surface area contributed by atoms with Crippen molar-refractivity contribution in [2.24, 2.45) is 4.99 Å². The molecule has 0 saturated carbocycles. The highest BCUT2D eigenvalue weighted by Crippen LogP contribution is 2.37. The minimum absolute atomic E-state index is 0.0308. The Bertz CT molecular complexity index is 1100. The fourth-order valence-electron chi connectivity index (χ4n) is 2.73. The molecule has 0 saturated heterocycles. The summed E-state index contributed by atoms with van der Waals surface area (Å²) in [6.07, 6.45) is 2.62. The molecule has 0 fully saturated rings. The summed E-state index contributed by atoms with van der Waals surface area (Å²) in [7, 11) is 1.58. The van der Waals surface area contributed by atoms with Crippen LogP contribution in [0.3, 0.4) is 0 Å². The lowest BCUT2D eigenvalue weighted by atomic mass is 10.2. The molecule has 0 heterocycles. The number of halogens is 1. The predicted molar refractivity (Wildman–Crippen MR) is 129 cm³/mol. The van der Waals surface area contributed by atoms with Gasteiger partial charge in [-0.2, -0.15) is 0 Å². The number of hydrogen-bond donors (Lipinski definition) is 0. The number of methoxy groups -OCH3 is 1. The largest absolute Gasteiger partial charge is 0.493 e. The monoisotopic (exact) mass is 470 g/mol. The molecule has 3 aromatic rings. The van der Waals surface area contributed by atoms with Gasteiger partial charge in [0.05, 0.1) is 28.8 Å². The fraction of sp³-hybridized carbons (Fsp3) is 0.208. The first-order valence-corrected chi connectivity index (χ1v) is 11.2. The maximum absolute atomic E-state index is 10.8. The van der Waals surface area contributed by atoms with Crippen molar-refractivity contribution >= 4 is 41.0 Å².